The van der Waals surface area contributed by atoms with Crippen LogP contribution >= 0.6 is 0 Å². The molecular formula is C12H8F2N4O2S. The molecule has 0 spiro atoms. The standard InChI is InChI=1S/C12H8F2N4O2S/c13-7-1-2-10(9(14)5-7)21(19,20)18-4-3-8-11(15)16-6-17-12(8)18/h1-6H,(H2,15,16,17). The van der Waals surface area contributed by atoms with Gasteiger partial charge in [-0.05, 0) is 18.2 Å². The van der Waals surface area contributed by atoms with E-state index in [9.17, 15) is 17.2 Å². The fourth-order valence-electron chi connectivity index (χ4n) is 1.93. The Balaban J connectivity index is 2.28. The van der Waals surface area contributed by atoms with Crippen molar-refractivity contribution < 1.29 is 17.2 Å². The molecule has 2 heterocycles. The molecule has 2 N–H and O–H groups in total. The predicted octanol–water partition coefficient (Wildman–Crippen LogP) is 1.53. The van der Waals surface area contributed by atoms with Gasteiger partial charge in [-0.3, -0.25) is 0 Å². The summed E-state index contributed by atoms with van der Waals surface area (Å²) in [7, 11) is -4.26. The molecule has 0 amide bonds. The first-order chi connectivity index (χ1) is 9.91. The molecule has 2 aromatic heterocycles. The summed E-state index contributed by atoms with van der Waals surface area (Å²) in [5.74, 6) is -1.94. The normalized spacial score (nSPS) is 11.9. The number of aromatic nitrogens is 3. The molecule has 6 nitrogen and oxygen atoms in total. The molecule has 0 aliphatic rings. The van der Waals surface area contributed by atoms with Gasteiger partial charge in [0.1, 0.15) is 28.7 Å². The van der Waals surface area contributed by atoms with Gasteiger partial charge in [0.05, 0.1) is 5.39 Å². The summed E-state index contributed by atoms with van der Waals surface area (Å²) < 4.78 is 52.3. The maximum absolute atomic E-state index is 13.7. The first-order valence-electron chi connectivity index (χ1n) is 5.69. The molecule has 0 aliphatic heterocycles. The van der Waals surface area contributed by atoms with Crippen LogP contribution in [0.1, 0.15) is 0 Å². The Labute approximate surface area is 117 Å². The predicted molar refractivity (Wildman–Crippen MR) is 70.9 cm³/mol. The monoisotopic (exact) mass is 310 g/mol. The van der Waals surface area contributed by atoms with E-state index in [1.54, 1.807) is 0 Å². The van der Waals surface area contributed by atoms with Crippen LogP contribution in [0.15, 0.2) is 41.7 Å². The third-order valence-electron chi connectivity index (χ3n) is 2.91. The number of halogens is 2. The zero-order valence-electron chi connectivity index (χ0n) is 10.4. The Bertz CT molecular complexity index is 953. The van der Waals surface area contributed by atoms with E-state index in [1.165, 1.54) is 12.3 Å². The number of nitrogens with two attached hydrogens (primary N) is 1. The highest BCUT2D eigenvalue weighted by Crippen LogP contribution is 2.24. The van der Waals surface area contributed by atoms with Crippen LogP contribution in [0.25, 0.3) is 11.0 Å². The van der Waals surface area contributed by atoms with Gasteiger partial charge in [-0.1, -0.05) is 0 Å². The van der Waals surface area contributed by atoms with Crippen molar-refractivity contribution in [2.45, 2.75) is 4.90 Å². The second kappa shape index (κ2) is 4.48. The lowest BCUT2D eigenvalue weighted by atomic mass is 10.3. The van der Waals surface area contributed by atoms with Gasteiger partial charge in [0.25, 0.3) is 10.0 Å². The molecule has 0 saturated carbocycles. The van der Waals surface area contributed by atoms with Crippen LogP contribution in [0, 0.1) is 11.6 Å². The van der Waals surface area contributed by atoms with E-state index in [0.29, 0.717) is 11.5 Å². The number of anilines is 1. The minimum atomic E-state index is -4.26. The minimum absolute atomic E-state index is 0.0197. The van der Waals surface area contributed by atoms with Gasteiger partial charge >= 0.3 is 0 Å². The third-order valence-corrected chi connectivity index (χ3v) is 4.61. The fourth-order valence-corrected chi connectivity index (χ4v) is 3.28. The summed E-state index contributed by atoms with van der Waals surface area (Å²) in [6, 6.07) is 3.63. The average molecular weight is 310 g/mol. The number of nitrogen functional groups attached to an aromatic ring is 1. The Kier molecular flexibility index (Phi) is 2.87. The van der Waals surface area contributed by atoms with Crippen molar-refractivity contribution in [3.8, 4) is 0 Å². The summed E-state index contributed by atoms with van der Waals surface area (Å²) in [5, 5.41) is 0.323. The topological polar surface area (TPSA) is 90.9 Å². The van der Waals surface area contributed by atoms with Gasteiger partial charge in [-0.15, -0.1) is 0 Å². The van der Waals surface area contributed by atoms with Crippen LogP contribution in [0.4, 0.5) is 14.6 Å². The van der Waals surface area contributed by atoms with Gasteiger partial charge in [0.15, 0.2) is 5.65 Å². The van der Waals surface area contributed by atoms with Crippen LogP contribution in [0.2, 0.25) is 0 Å². The van der Waals surface area contributed by atoms with E-state index in [0.717, 1.165) is 22.4 Å². The molecule has 0 atom stereocenters. The molecular weight excluding hydrogens is 302 g/mol. The van der Waals surface area contributed by atoms with Crippen molar-refractivity contribution in [3.63, 3.8) is 0 Å². The number of fused-ring (bicyclic) bond motifs is 1. The second-order valence-corrected chi connectivity index (χ2v) is 5.97. The lowest BCUT2D eigenvalue weighted by Crippen LogP contribution is -2.14. The van der Waals surface area contributed by atoms with Gasteiger partial charge in [-0.2, -0.15) is 0 Å². The second-order valence-electron chi connectivity index (χ2n) is 4.19. The highest BCUT2D eigenvalue weighted by molar-refractivity contribution is 7.90. The molecule has 0 aliphatic carbocycles. The minimum Gasteiger partial charge on any atom is -0.383 e. The third kappa shape index (κ3) is 2.02. The highest BCUT2D eigenvalue weighted by Gasteiger charge is 2.24. The molecule has 0 radical (unpaired) electrons. The lowest BCUT2D eigenvalue weighted by molar-refractivity contribution is 0.546. The number of hydrogen-bond donors (Lipinski definition) is 1. The van der Waals surface area contributed by atoms with Crippen LogP contribution in [-0.2, 0) is 10.0 Å². The molecule has 1 aromatic carbocycles. The van der Waals surface area contributed by atoms with Crippen LogP contribution in [0.5, 0.6) is 0 Å². The molecule has 3 rings (SSSR count). The summed E-state index contributed by atoms with van der Waals surface area (Å²) >= 11 is 0. The molecule has 0 fully saturated rings. The molecule has 108 valence electrons. The SMILES string of the molecule is Nc1ncnc2c1ccn2S(=O)(=O)c1ccc(F)cc1F. The molecule has 0 unspecified atom stereocenters. The Morgan fingerprint density at radius 1 is 1.14 bits per heavy atom. The zero-order valence-corrected chi connectivity index (χ0v) is 11.2. The lowest BCUT2D eigenvalue weighted by Gasteiger charge is -2.08. The summed E-state index contributed by atoms with van der Waals surface area (Å²) in [6.45, 7) is 0. The van der Waals surface area contributed by atoms with Crippen molar-refractivity contribution >= 4 is 26.9 Å². The molecule has 3 aromatic rings. The average Bonchev–Trinajstić information content (AvgIpc) is 2.84. The van der Waals surface area contributed by atoms with Crippen molar-refractivity contribution in [1.29, 1.82) is 0 Å². The number of hydrogen-bond acceptors (Lipinski definition) is 5. The largest absolute Gasteiger partial charge is 0.383 e. The van der Waals surface area contributed by atoms with E-state index in [4.69, 9.17) is 5.73 Å². The van der Waals surface area contributed by atoms with Crippen LogP contribution in [0.3, 0.4) is 0 Å². The van der Waals surface area contributed by atoms with Crippen LogP contribution < -0.4 is 5.73 Å². The molecule has 9 heteroatoms. The zero-order chi connectivity index (χ0) is 15.2. The van der Waals surface area contributed by atoms with E-state index in [2.05, 4.69) is 9.97 Å². The fraction of sp³-hybridized carbons (Fsp3) is 0. The Hall–Kier alpha value is -2.55. The van der Waals surface area contributed by atoms with Crippen LogP contribution in [-0.4, -0.2) is 22.4 Å². The first-order valence-corrected chi connectivity index (χ1v) is 7.13. The van der Waals surface area contributed by atoms with Crippen molar-refractivity contribution in [3.05, 3.63) is 48.4 Å². The summed E-state index contributed by atoms with van der Waals surface area (Å²) in [6.07, 6.45) is 2.29. The Morgan fingerprint density at radius 3 is 2.62 bits per heavy atom. The number of nitrogens with zero attached hydrogens (tertiary/aromatic N) is 3. The van der Waals surface area contributed by atoms with Gasteiger partial charge in [-0.25, -0.2) is 31.1 Å². The van der Waals surface area contributed by atoms with Crippen molar-refractivity contribution in [2.24, 2.45) is 0 Å². The van der Waals surface area contributed by atoms with Gasteiger partial charge < -0.3 is 5.73 Å². The maximum atomic E-state index is 13.7. The van der Waals surface area contributed by atoms with Crippen molar-refractivity contribution in [1.82, 2.24) is 13.9 Å². The van der Waals surface area contributed by atoms with Gasteiger partial charge in [0, 0.05) is 12.3 Å². The first kappa shape index (κ1) is 13.4. The quantitative estimate of drug-likeness (QED) is 0.775. The van der Waals surface area contributed by atoms with E-state index < -0.39 is 26.6 Å². The smallest absolute Gasteiger partial charge is 0.272 e. The molecule has 21 heavy (non-hydrogen) atoms. The number of benzene rings is 1. The summed E-state index contributed by atoms with van der Waals surface area (Å²) in [5.41, 5.74) is 5.64. The van der Waals surface area contributed by atoms with Crippen molar-refractivity contribution in [2.75, 3.05) is 5.73 Å². The number of rotatable bonds is 2. The van der Waals surface area contributed by atoms with Gasteiger partial charge in [0.2, 0.25) is 0 Å². The van der Waals surface area contributed by atoms with E-state index >= 15 is 0 Å². The van der Waals surface area contributed by atoms with E-state index in [-0.39, 0.29) is 11.5 Å². The molecule has 0 bridgehead atoms. The Morgan fingerprint density at radius 2 is 1.90 bits per heavy atom. The van der Waals surface area contributed by atoms with E-state index in [1.807, 2.05) is 0 Å². The highest BCUT2D eigenvalue weighted by atomic mass is 32.2. The summed E-state index contributed by atoms with van der Waals surface area (Å²) in [4.78, 5) is 6.92. The molecule has 0 saturated heterocycles. The maximum Gasteiger partial charge on any atom is 0.272 e.